The first-order valence-corrected chi connectivity index (χ1v) is 8.47. The van der Waals surface area contributed by atoms with E-state index in [0.717, 1.165) is 18.5 Å². The van der Waals surface area contributed by atoms with Crippen molar-refractivity contribution in [2.45, 2.75) is 26.8 Å². The van der Waals surface area contributed by atoms with Crippen molar-refractivity contribution in [3.8, 4) is 5.75 Å². The summed E-state index contributed by atoms with van der Waals surface area (Å²) >= 11 is 1.65. The summed E-state index contributed by atoms with van der Waals surface area (Å²) in [4.78, 5) is 14.4. The summed E-state index contributed by atoms with van der Waals surface area (Å²) in [5.74, 6) is 0.699. The molecular formula is C17H22N2O2S. The normalized spacial score (nSPS) is 10.3. The molecule has 2 aromatic rings. The van der Waals surface area contributed by atoms with Crippen LogP contribution in [-0.2, 0) is 6.54 Å². The molecule has 1 aromatic heterocycles. The van der Waals surface area contributed by atoms with Gasteiger partial charge in [-0.05, 0) is 47.9 Å². The molecule has 1 heterocycles. The molecular weight excluding hydrogens is 296 g/mol. The van der Waals surface area contributed by atoms with Gasteiger partial charge in [-0.3, -0.25) is 0 Å². The van der Waals surface area contributed by atoms with E-state index >= 15 is 0 Å². The van der Waals surface area contributed by atoms with E-state index in [9.17, 15) is 4.79 Å². The molecule has 4 nitrogen and oxygen atoms in total. The number of thiophene rings is 1. The number of para-hydroxylation sites is 2. The second kappa shape index (κ2) is 8.44. The first-order valence-electron chi connectivity index (χ1n) is 7.53. The lowest BCUT2D eigenvalue weighted by Crippen LogP contribution is -2.35. The Hall–Kier alpha value is -2.01. The molecule has 2 amide bonds. The SMILES string of the molecule is CCCN(Cc1ccsc1)C(=O)Nc1ccccc1OCC. The van der Waals surface area contributed by atoms with Crippen molar-refractivity contribution >= 4 is 23.1 Å². The summed E-state index contributed by atoms with van der Waals surface area (Å²) in [6.07, 6.45) is 0.921. The fourth-order valence-corrected chi connectivity index (χ4v) is 2.83. The highest BCUT2D eigenvalue weighted by Gasteiger charge is 2.15. The third kappa shape index (κ3) is 4.49. The van der Waals surface area contributed by atoms with Crippen LogP contribution >= 0.6 is 11.3 Å². The minimum Gasteiger partial charge on any atom is -0.492 e. The zero-order valence-corrected chi connectivity index (χ0v) is 13.9. The molecule has 0 aliphatic carbocycles. The second-order valence-corrected chi connectivity index (χ2v) is 5.69. The lowest BCUT2D eigenvalue weighted by atomic mass is 10.3. The van der Waals surface area contributed by atoms with Gasteiger partial charge in [-0.2, -0.15) is 11.3 Å². The van der Waals surface area contributed by atoms with Crippen molar-refractivity contribution in [1.29, 1.82) is 0 Å². The maximum atomic E-state index is 12.5. The fraction of sp³-hybridized carbons (Fsp3) is 0.353. The number of ether oxygens (including phenoxy) is 1. The summed E-state index contributed by atoms with van der Waals surface area (Å²) in [6, 6.07) is 9.46. The van der Waals surface area contributed by atoms with Crippen molar-refractivity contribution in [2.75, 3.05) is 18.5 Å². The van der Waals surface area contributed by atoms with Crippen LogP contribution in [0.2, 0.25) is 0 Å². The van der Waals surface area contributed by atoms with Gasteiger partial charge in [0.1, 0.15) is 5.75 Å². The van der Waals surface area contributed by atoms with Crippen molar-refractivity contribution in [3.05, 3.63) is 46.7 Å². The Morgan fingerprint density at radius 1 is 1.27 bits per heavy atom. The predicted octanol–water partition coefficient (Wildman–Crippen LogP) is 4.59. The molecule has 5 heteroatoms. The molecule has 0 spiro atoms. The Kier molecular flexibility index (Phi) is 6.27. The van der Waals surface area contributed by atoms with E-state index in [1.54, 1.807) is 11.3 Å². The van der Waals surface area contributed by atoms with Gasteiger partial charge in [0.15, 0.2) is 0 Å². The highest BCUT2D eigenvalue weighted by atomic mass is 32.1. The Bertz CT molecular complexity index is 584. The van der Waals surface area contributed by atoms with Gasteiger partial charge < -0.3 is 15.0 Å². The molecule has 0 aliphatic heterocycles. The van der Waals surface area contributed by atoms with Crippen LogP contribution in [0.5, 0.6) is 5.75 Å². The number of benzene rings is 1. The molecule has 1 aromatic carbocycles. The van der Waals surface area contributed by atoms with Crippen molar-refractivity contribution in [1.82, 2.24) is 4.90 Å². The van der Waals surface area contributed by atoms with E-state index in [-0.39, 0.29) is 6.03 Å². The summed E-state index contributed by atoms with van der Waals surface area (Å²) in [7, 11) is 0. The Balaban J connectivity index is 2.07. The molecule has 0 radical (unpaired) electrons. The van der Waals surface area contributed by atoms with Crippen molar-refractivity contribution in [2.24, 2.45) is 0 Å². The number of rotatable bonds is 7. The minimum absolute atomic E-state index is 0.0970. The van der Waals surface area contributed by atoms with E-state index in [0.29, 0.717) is 24.6 Å². The van der Waals surface area contributed by atoms with Gasteiger partial charge in [-0.15, -0.1) is 0 Å². The summed E-state index contributed by atoms with van der Waals surface area (Å²) in [5.41, 5.74) is 1.87. The van der Waals surface area contributed by atoms with Crippen molar-refractivity contribution < 1.29 is 9.53 Å². The summed E-state index contributed by atoms with van der Waals surface area (Å²) in [6.45, 7) is 5.92. The summed E-state index contributed by atoms with van der Waals surface area (Å²) < 4.78 is 5.55. The van der Waals surface area contributed by atoms with E-state index in [2.05, 4.69) is 23.7 Å². The molecule has 0 saturated carbocycles. The second-order valence-electron chi connectivity index (χ2n) is 4.91. The number of anilines is 1. The Morgan fingerprint density at radius 2 is 2.09 bits per heavy atom. The van der Waals surface area contributed by atoms with Crippen LogP contribution in [0.15, 0.2) is 41.1 Å². The van der Waals surface area contributed by atoms with Crippen LogP contribution < -0.4 is 10.1 Å². The van der Waals surface area contributed by atoms with Crippen LogP contribution in [0.3, 0.4) is 0 Å². The van der Waals surface area contributed by atoms with Crippen LogP contribution in [0.25, 0.3) is 0 Å². The van der Waals surface area contributed by atoms with Gasteiger partial charge in [-0.1, -0.05) is 19.1 Å². The lowest BCUT2D eigenvalue weighted by Gasteiger charge is -2.23. The highest BCUT2D eigenvalue weighted by Crippen LogP contribution is 2.24. The number of carbonyl (C=O) groups excluding carboxylic acids is 1. The molecule has 0 unspecified atom stereocenters. The third-order valence-corrected chi connectivity index (χ3v) is 3.89. The van der Waals surface area contributed by atoms with Crippen LogP contribution in [0.4, 0.5) is 10.5 Å². The van der Waals surface area contributed by atoms with Crippen molar-refractivity contribution in [3.63, 3.8) is 0 Å². The number of amides is 2. The first-order chi connectivity index (χ1) is 10.7. The van der Waals surface area contributed by atoms with Crippen LogP contribution in [0.1, 0.15) is 25.8 Å². The molecule has 0 bridgehead atoms. The largest absolute Gasteiger partial charge is 0.492 e. The van der Waals surface area contributed by atoms with Gasteiger partial charge in [-0.25, -0.2) is 4.79 Å². The number of carbonyl (C=O) groups is 1. The molecule has 0 fully saturated rings. The van der Waals surface area contributed by atoms with E-state index in [1.807, 2.05) is 41.5 Å². The van der Waals surface area contributed by atoms with E-state index in [1.165, 1.54) is 0 Å². The predicted molar refractivity (Wildman–Crippen MR) is 91.6 cm³/mol. The molecule has 0 atom stereocenters. The quantitative estimate of drug-likeness (QED) is 0.811. The van der Waals surface area contributed by atoms with Gasteiger partial charge in [0, 0.05) is 13.1 Å². The maximum absolute atomic E-state index is 12.5. The topological polar surface area (TPSA) is 41.6 Å². The van der Waals surface area contributed by atoms with Crippen LogP contribution in [-0.4, -0.2) is 24.1 Å². The van der Waals surface area contributed by atoms with Gasteiger partial charge >= 0.3 is 6.03 Å². The number of urea groups is 1. The third-order valence-electron chi connectivity index (χ3n) is 3.16. The fourth-order valence-electron chi connectivity index (χ4n) is 2.17. The van der Waals surface area contributed by atoms with Gasteiger partial charge in [0.2, 0.25) is 0 Å². The molecule has 22 heavy (non-hydrogen) atoms. The summed E-state index contributed by atoms with van der Waals surface area (Å²) in [5, 5.41) is 7.06. The van der Waals surface area contributed by atoms with E-state index < -0.39 is 0 Å². The maximum Gasteiger partial charge on any atom is 0.322 e. The Morgan fingerprint density at radius 3 is 2.77 bits per heavy atom. The smallest absolute Gasteiger partial charge is 0.322 e. The van der Waals surface area contributed by atoms with Crippen LogP contribution in [0, 0.1) is 0 Å². The van der Waals surface area contributed by atoms with E-state index in [4.69, 9.17) is 4.74 Å². The lowest BCUT2D eigenvalue weighted by molar-refractivity contribution is 0.209. The molecule has 0 saturated heterocycles. The monoisotopic (exact) mass is 318 g/mol. The molecule has 0 aliphatic rings. The first kappa shape index (κ1) is 16.4. The minimum atomic E-state index is -0.0970. The zero-order chi connectivity index (χ0) is 15.8. The highest BCUT2D eigenvalue weighted by molar-refractivity contribution is 7.07. The average molecular weight is 318 g/mol. The molecule has 1 N–H and O–H groups in total. The van der Waals surface area contributed by atoms with Gasteiger partial charge in [0.05, 0.1) is 12.3 Å². The Labute approximate surface area is 135 Å². The number of hydrogen-bond donors (Lipinski definition) is 1. The number of hydrogen-bond acceptors (Lipinski definition) is 3. The number of nitrogens with one attached hydrogen (secondary N) is 1. The molecule has 118 valence electrons. The number of nitrogens with zero attached hydrogens (tertiary/aromatic N) is 1. The van der Waals surface area contributed by atoms with Gasteiger partial charge in [0.25, 0.3) is 0 Å². The average Bonchev–Trinajstić information content (AvgIpc) is 3.02. The standard InChI is InChI=1S/C17H22N2O2S/c1-3-10-19(12-14-9-11-22-13-14)17(20)18-15-7-5-6-8-16(15)21-4-2/h5-9,11,13H,3-4,10,12H2,1-2H3,(H,18,20). The molecule has 2 rings (SSSR count). The zero-order valence-electron chi connectivity index (χ0n) is 13.0.